The van der Waals surface area contributed by atoms with Gasteiger partial charge in [0.05, 0.1) is 7.11 Å². The molecule has 1 heterocycles. The molecule has 0 unspecified atom stereocenters. The van der Waals surface area contributed by atoms with E-state index in [1.165, 1.54) is 0 Å². The lowest BCUT2D eigenvalue weighted by atomic mass is 10.1. The van der Waals surface area contributed by atoms with Gasteiger partial charge in [0, 0.05) is 11.8 Å². The lowest BCUT2D eigenvalue weighted by molar-refractivity contribution is 0.414. The number of nitrogens with zero attached hydrogens (tertiary/aromatic N) is 2. The third kappa shape index (κ3) is 1.95. The average molecular weight is 215 g/mol. The van der Waals surface area contributed by atoms with Crippen LogP contribution in [0.4, 0.5) is 5.82 Å². The molecule has 0 saturated carbocycles. The van der Waals surface area contributed by atoms with Crippen molar-refractivity contribution in [2.24, 2.45) is 0 Å². The van der Waals surface area contributed by atoms with Gasteiger partial charge in [0.25, 0.3) is 0 Å². The first-order valence-corrected chi connectivity index (χ1v) is 4.94. The number of hydrogen-bond donors (Lipinski definition) is 1. The number of anilines is 1. The van der Waals surface area contributed by atoms with Gasteiger partial charge in [-0.1, -0.05) is 0 Å². The molecule has 0 fully saturated rings. The highest BCUT2D eigenvalue weighted by atomic mass is 16.5. The van der Waals surface area contributed by atoms with Crippen LogP contribution in [0.2, 0.25) is 0 Å². The Hall–Kier alpha value is -2.10. The number of hydrogen-bond acceptors (Lipinski definition) is 4. The minimum atomic E-state index is 0.472. The fourth-order valence-electron chi connectivity index (χ4n) is 1.52. The Labute approximate surface area is 94.1 Å². The maximum atomic E-state index is 5.63. The Morgan fingerprint density at radius 1 is 1.25 bits per heavy atom. The lowest BCUT2D eigenvalue weighted by Gasteiger charge is -2.07. The topological polar surface area (TPSA) is 61.0 Å². The number of rotatable bonds is 2. The van der Waals surface area contributed by atoms with Gasteiger partial charge < -0.3 is 10.5 Å². The van der Waals surface area contributed by atoms with Gasteiger partial charge in [0.15, 0.2) is 5.82 Å². The third-order valence-corrected chi connectivity index (χ3v) is 2.35. The largest absolute Gasteiger partial charge is 0.497 e. The zero-order valence-corrected chi connectivity index (χ0v) is 9.27. The molecule has 2 rings (SSSR count). The first-order valence-electron chi connectivity index (χ1n) is 4.94. The van der Waals surface area contributed by atoms with Crippen LogP contribution in [0.3, 0.4) is 0 Å². The highest BCUT2D eigenvalue weighted by Gasteiger charge is 2.06. The van der Waals surface area contributed by atoms with Crippen LogP contribution in [0.1, 0.15) is 5.56 Å². The van der Waals surface area contributed by atoms with E-state index >= 15 is 0 Å². The summed E-state index contributed by atoms with van der Waals surface area (Å²) in [6, 6.07) is 7.43. The summed E-state index contributed by atoms with van der Waals surface area (Å²) in [4.78, 5) is 8.38. The Kier molecular flexibility index (Phi) is 2.72. The average Bonchev–Trinajstić information content (AvgIpc) is 2.28. The minimum Gasteiger partial charge on any atom is -0.497 e. The summed E-state index contributed by atoms with van der Waals surface area (Å²) in [6.45, 7) is 1.99. The van der Waals surface area contributed by atoms with Gasteiger partial charge in [-0.25, -0.2) is 9.97 Å². The second-order valence-electron chi connectivity index (χ2n) is 3.49. The molecule has 0 radical (unpaired) electrons. The molecular weight excluding hydrogens is 202 g/mol. The van der Waals surface area contributed by atoms with Gasteiger partial charge in [-0.2, -0.15) is 0 Å². The molecule has 0 bridgehead atoms. The van der Waals surface area contributed by atoms with Crippen LogP contribution in [-0.4, -0.2) is 17.1 Å². The highest BCUT2D eigenvalue weighted by molar-refractivity contribution is 5.62. The zero-order chi connectivity index (χ0) is 11.5. The molecule has 16 heavy (non-hydrogen) atoms. The summed E-state index contributed by atoms with van der Waals surface area (Å²) in [6.07, 6.45) is 1.65. The molecule has 4 heteroatoms. The van der Waals surface area contributed by atoms with Crippen LogP contribution in [0.25, 0.3) is 11.4 Å². The fourth-order valence-corrected chi connectivity index (χ4v) is 1.52. The molecule has 82 valence electrons. The van der Waals surface area contributed by atoms with E-state index in [-0.39, 0.29) is 0 Å². The smallest absolute Gasteiger partial charge is 0.161 e. The standard InChI is InChI=1S/C12H13N3O/c1-8-7-9(16-2)3-4-10(8)12-14-6-5-11(13)15-12/h3-7H,1-2H3,(H2,13,14,15). The molecule has 4 nitrogen and oxygen atoms in total. The highest BCUT2D eigenvalue weighted by Crippen LogP contribution is 2.24. The molecule has 0 saturated heterocycles. The van der Waals surface area contributed by atoms with Crippen molar-refractivity contribution in [2.45, 2.75) is 6.92 Å². The van der Waals surface area contributed by atoms with Crippen LogP contribution >= 0.6 is 0 Å². The number of aryl methyl sites for hydroxylation is 1. The molecule has 0 spiro atoms. The van der Waals surface area contributed by atoms with Crippen molar-refractivity contribution in [3.63, 3.8) is 0 Å². The number of ether oxygens (including phenoxy) is 1. The number of nitrogen functional groups attached to an aromatic ring is 1. The van der Waals surface area contributed by atoms with Gasteiger partial charge in [-0.05, 0) is 36.8 Å². The molecule has 1 aromatic heterocycles. The summed E-state index contributed by atoms with van der Waals surface area (Å²) >= 11 is 0. The van der Waals surface area contributed by atoms with Crippen molar-refractivity contribution >= 4 is 5.82 Å². The maximum Gasteiger partial charge on any atom is 0.161 e. The second-order valence-corrected chi connectivity index (χ2v) is 3.49. The predicted molar refractivity (Wildman–Crippen MR) is 63.2 cm³/mol. The van der Waals surface area contributed by atoms with E-state index in [0.717, 1.165) is 16.9 Å². The molecule has 1 aromatic carbocycles. The second kappa shape index (κ2) is 4.18. The quantitative estimate of drug-likeness (QED) is 0.832. The molecule has 0 aliphatic carbocycles. The van der Waals surface area contributed by atoms with Gasteiger partial charge >= 0.3 is 0 Å². The van der Waals surface area contributed by atoms with Crippen LogP contribution in [-0.2, 0) is 0 Å². The number of nitrogens with two attached hydrogens (primary N) is 1. The van der Waals surface area contributed by atoms with Crippen molar-refractivity contribution in [3.8, 4) is 17.1 Å². The van der Waals surface area contributed by atoms with Crippen LogP contribution in [0.15, 0.2) is 30.5 Å². The maximum absolute atomic E-state index is 5.63. The van der Waals surface area contributed by atoms with Gasteiger partial charge in [-0.15, -0.1) is 0 Å². The van der Waals surface area contributed by atoms with Crippen molar-refractivity contribution in [2.75, 3.05) is 12.8 Å². The molecule has 0 atom stereocenters. The Balaban J connectivity index is 2.48. The Morgan fingerprint density at radius 3 is 2.69 bits per heavy atom. The van der Waals surface area contributed by atoms with E-state index in [9.17, 15) is 0 Å². The van der Waals surface area contributed by atoms with Crippen molar-refractivity contribution in [1.82, 2.24) is 9.97 Å². The van der Waals surface area contributed by atoms with Gasteiger partial charge in [-0.3, -0.25) is 0 Å². The summed E-state index contributed by atoms with van der Waals surface area (Å²) in [5.41, 5.74) is 7.65. The summed E-state index contributed by atoms with van der Waals surface area (Å²) < 4.78 is 5.14. The summed E-state index contributed by atoms with van der Waals surface area (Å²) in [5, 5.41) is 0. The van der Waals surface area contributed by atoms with Crippen molar-refractivity contribution in [1.29, 1.82) is 0 Å². The van der Waals surface area contributed by atoms with Gasteiger partial charge in [0.1, 0.15) is 11.6 Å². The normalized spacial score (nSPS) is 10.1. The first kappa shape index (κ1) is 10.4. The molecule has 0 aliphatic heterocycles. The van der Waals surface area contributed by atoms with E-state index in [0.29, 0.717) is 11.6 Å². The van der Waals surface area contributed by atoms with Crippen molar-refractivity contribution < 1.29 is 4.74 Å². The predicted octanol–water partition coefficient (Wildman–Crippen LogP) is 2.04. The van der Waals surface area contributed by atoms with E-state index in [4.69, 9.17) is 10.5 Å². The van der Waals surface area contributed by atoms with Crippen LogP contribution < -0.4 is 10.5 Å². The van der Waals surface area contributed by atoms with Crippen molar-refractivity contribution in [3.05, 3.63) is 36.0 Å². The van der Waals surface area contributed by atoms with E-state index in [1.807, 2.05) is 25.1 Å². The third-order valence-electron chi connectivity index (χ3n) is 2.35. The van der Waals surface area contributed by atoms with E-state index in [1.54, 1.807) is 19.4 Å². The Morgan fingerprint density at radius 2 is 2.06 bits per heavy atom. The molecule has 0 amide bonds. The lowest BCUT2D eigenvalue weighted by Crippen LogP contribution is -1.96. The number of methoxy groups -OCH3 is 1. The monoisotopic (exact) mass is 215 g/mol. The number of aromatic nitrogens is 2. The Bertz CT molecular complexity index is 511. The van der Waals surface area contributed by atoms with E-state index < -0.39 is 0 Å². The van der Waals surface area contributed by atoms with Crippen LogP contribution in [0, 0.1) is 6.92 Å². The molecule has 0 aliphatic rings. The summed E-state index contributed by atoms with van der Waals surface area (Å²) in [5.74, 6) is 1.94. The first-order chi connectivity index (χ1) is 7.70. The molecule has 2 aromatic rings. The number of benzene rings is 1. The van der Waals surface area contributed by atoms with E-state index in [2.05, 4.69) is 9.97 Å². The molecular formula is C12H13N3O. The van der Waals surface area contributed by atoms with Crippen LogP contribution in [0.5, 0.6) is 5.75 Å². The summed E-state index contributed by atoms with van der Waals surface area (Å²) in [7, 11) is 1.64. The van der Waals surface area contributed by atoms with Gasteiger partial charge in [0.2, 0.25) is 0 Å². The minimum absolute atomic E-state index is 0.472. The zero-order valence-electron chi connectivity index (χ0n) is 9.27. The molecule has 2 N–H and O–H groups in total. The SMILES string of the molecule is COc1ccc(-c2nccc(N)n2)c(C)c1. The fraction of sp³-hybridized carbons (Fsp3) is 0.167.